The van der Waals surface area contributed by atoms with Crippen molar-refractivity contribution in [2.75, 3.05) is 0 Å². The fraction of sp³-hybridized carbons (Fsp3) is 0.375. The molecule has 0 fully saturated rings. The van der Waals surface area contributed by atoms with Crippen LogP contribution in [0.5, 0.6) is 0 Å². The number of hydrogen-bond donors (Lipinski definition) is 1. The molecule has 0 aliphatic carbocycles. The van der Waals surface area contributed by atoms with Crippen molar-refractivity contribution >= 4 is 17.6 Å². The number of carboxylic acids is 1. The lowest BCUT2D eigenvalue weighted by molar-refractivity contribution is -0.166. The summed E-state index contributed by atoms with van der Waals surface area (Å²) in [6.45, 7) is 5.16. The number of carboxylic acid groups (broad SMARTS) is 1. The normalized spacial score (nSPS) is 13.8. The van der Waals surface area contributed by atoms with Gasteiger partial charge >= 0.3 is 5.97 Å². The monoisotopic (exact) mass is 323 g/mol. The molecule has 0 aliphatic heterocycles. The molecular weight excluding hydrogens is 306 g/mol. The van der Waals surface area contributed by atoms with E-state index < -0.39 is 11.6 Å². The Morgan fingerprint density at radius 3 is 2.59 bits per heavy atom. The van der Waals surface area contributed by atoms with E-state index in [1.807, 2.05) is 12.1 Å². The van der Waals surface area contributed by atoms with Crippen molar-refractivity contribution in [2.24, 2.45) is 0 Å². The van der Waals surface area contributed by atoms with Gasteiger partial charge in [-0.1, -0.05) is 18.5 Å². The molecule has 1 unspecified atom stereocenters. The van der Waals surface area contributed by atoms with E-state index in [4.69, 9.17) is 20.8 Å². The van der Waals surface area contributed by atoms with Crippen LogP contribution >= 0.6 is 11.6 Å². The van der Waals surface area contributed by atoms with Gasteiger partial charge in [0.1, 0.15) is 6.61 Å². The number of aryl methyl sites for hydroxylation is 1. The number of benzene rings is 1. The molecule has 2 aromatic rings. The van der Waals surface area contributed by atoms with Crippen molar-refractivity contribution in [1.29, 1.82) is 0 Å². The third-order valence-corrected chi connectivity index (χ3v) is 3.88. The van der Waals surface area contributed by atoms with E-state index in [9.17, 15) is 9.90 Å². The van der Waals surface area contributed by atoms with E-state index in [1.54, 1.807) is 32.9 Å². The summed E-state index contributed by atoms with van der Waals surface area (Å²) in [5.41, 5.74) is 0.240. The van der Waals surface area contributed by atoms with Crippen LogP contribution in [0.1, 0.15) is 31.7 Å². The largest absolute Gasteiger partial charge is 0.479 e. The number of ether oxygens (including phenoxy) is 1. The molecule has 1 atom stereocenters. The van der Waals surface area contributed by atoms with Crippen molar-refractivity contribution < 1.29 is 19.1 Å². The number of rotatable bonds is 6. The molecule has 0 saturated heterocycles. The summed E-state index contributed by atoms with van der Waals surface area (Å²) in [5, 5.41) is 9.84. The number of hydrogen-bond acceptors (Lipinski definition) is 4. The fourth-order valence-corrected chi connectivity index (χ4v) is 1.94. The average Bonchev–Trinajstić information content (AvgIpc) is 2.86. The number of aromatic nitrogens is 1. The Morgan fingerprint density at radius 2 is 2.05 bits per heavy atom. The fourth-order valence-electron chi connectivity index (χ4n) is 1.82. The highest BCUT2D eigenvalue weighted by molar-refractivity contribution is 6.30. The van der Waals surface area contributed by atoms with E-state index in [0.717, 1.165) is 5.56 Å². The highest BCUT2D eigenvalue weighted by Gasteiger charge is 2.32. The zero-order valence-electron chi connectivity index (χ0n) is 12.7. The van der Waals surface area contributed by atoms with Crippen LogP contribution in [0.2, 0.25) is 5.02 Å². The average molecular weight is 324 g/mol. The SMILES string of the molecule is CCC(C)(OCc1oc(-c2ccc(Cl)cc2)nc1C)C(=O)O. The van der Waals surface area contributed by atoms with Gasteiger partial charge in [-0.25, -0.2) is 9.78 Å². The quantitative estimate of drug-likeness (QED) is 0.867. The lowest BCUT2D eigenvalue weighted by Gasteiger charge is -2.22. The number of carbonyl (C=O) groups is 1. The van der Waals surface area contributed by atoms with Gasteiger partial charge in [0.05, 0.1) is 5.69 Å². The molecule has 0 aliphatic rings. The van der Waals surface area contributed by atoms with Gasteiger partial charge < -0.3 is 14.3 Å². The maximum Gasteiger partial charge on any atom is 0.335 e. The van der Waals surface area contributed by atoms with Gasteiger partial charge in [-0.3, -0.25) is 0 Å². The maximum atomic E-state index is 11.2. The Morgan fingerprint density at radius 1 is 1.41 bits per heavy atom. The Labute approximate surface area is 133 Å². The lowest BCUT2D eigenvalue weighted by atomic mass is 10.0. The second-order valence-corrected chi connectivity index (χ2v) is 5.65. The Kier molecular flexibility index (Phi) is 4.88. The molecule has 1 aromatic carbocycles. The first kappa shape index (κ1) is 16.5. The molecule has 1 aromatic heterocycles. The summed E-state index contributed by atoms with van der Waals surface area (Å²) in [7, 11) is 0. The van der Waals surface area contributed by atoms with Gasteiger partial charge in [-0.2, -0.15) is 0 Å². The van der Waals surface area contributed by atoms with Crippen molar-refractivity contribution in [3.63, 3.8) is 0 Å². The van der Waals surface area contributed by atoms with Gasteiger partial charge in [0.25, 0.3) is 0 Å². The van der Waals surface area contributed by atoms with Crippen LogP contribution in [-0.2, 0) is 16.1 Å². The summed E-state index contributed by atoms with van der Waals surface area (Å²) in [6.07, 6.45) is 0.361. The van der Waals surface area contributed by atoms with Crippen LogP contribution in [0.3, 0.4) is 0 Å². The third-order valence-electron chi connectivity index (χ3n) is 3.63. The van der Waals surface area contributed by atoms with Gasteiger partial charge in [-0.05, 0) is 44.5 Å². The lowest BCUT2D eigenvalue weighted by Crippen LogP contribution is -2.37. The molecule has 0 radical (unpaired) electrons. The summed E-state index contributed by atoms with van der Waals surface area (Å²) in [5.74, 6) is -0.0164. The Hall–Kier alpha value is -1.85. The van der Waals surface area contributed by atoms with Crippen molar-refractivity contribution in [2.45, 2.75) is 39.4 Å². The van der Waals surface area contributed by atoms with Crippen LogP contribution in [0.25, 0.3) is 11.5 Å². The highest BCUT2D eigenvalue weighted by Crippen LogP contribution is 2.25. The molecule has 6 heteroatoms. The first-order valence-electron chi connectivity index (χ1n) is 6.95. The van der Waals surface area contributed by atoms with Crippen LogP contribution in [-0.4, -0.2) is 21.7 Å². The minimum absolute atomic E-state index is 0.0586. The van der Waals surface area contributed by atoms with Gasteiger partial charge in [0.2, 0.25) is 5.89 Å². The van der Waals surface area contributed by atoms with E-state index in [0.29, 0.717) is 28.8 Å². The molecule has 0 saturated carbocycles. The standard InChI is InChI=1S/C16H18ClNO4/c1-4-16(3,15(19)20)21-9-13-10(2)18-14(22-13)11-5-7-12(17)8-6-11/h5-8H,4,9H2,1-3H3,(H,19,20). The van der Waals surface area contributed by atoms with Crippen LogP contribution in [0.4, 0.5) is 0 Å². The smallest absolute Gasteiger partial charge is 0.335 e. The second kappa shape index (κ2) is 6.50. The molecule has 22 heavy (non-hydrogen) atoms. The topological polar surface area (TPSA) is 72.6 Å². The van der Waals surface area contributed by atoms with Crippen molar-refractivity contribution in [3.8, 4) is 11.5 Å². The molecule has 1 N–H and O–H groups in total. The first-order chi connectivity index (χ1) is 10.4. The minimum atomic E-state index is -1.24. The molecule has 2 rings (SSSR count). The zero-order valence-corrected chi connectivity index (χ0v) is 13.5. The molecule has 0 bridgehead atoms. The maximum absolute atomic E-state index is 11.2. The van der Waals surface area contributed by atoms with E-state index in [1.165, 1.54) is 0 Å². The van der Waals surface area contributed by atoms with Crippen molar-refractivity contribution in [1.82, 2.24) is 4.98 Å². The van der Waals surface area contributed by atoms with Gasteiger partial charge in [0, 0.05) is 10.6 Å². The predicted molar refractivity (Wildman–Crippen MR) is 82.8 cm³/mol. The molecule has 0 amide bonds. The number of aliphatic carboxylic acids is 1. The van der Waals surface area contributed by atoms with Crippen molar-refractivity contribution in [3.05, 3.63) is 40.7 Å². The van der Waals surface area contributed by atoms with Gasteiger partial charge in [-0.15, -0.1) is 0 Å². The van der Waals surface area contributed by atoms with E-state index in [-0.39, 0.29) is 6.61 Å². The minimum Gasteiger partial charge on any atom is -0.479 e. The second-order valence-electron chi connectivity index (χ2n) is 5.21. The van der Waals surface area contributed by atoms with Crippen LogP contribution in [0.15, 0.2) is 28.7 Å². The first-order valence-corrected chi connectivity index (χ1v) is 7.33. The third kappa shape index (κ3) is 3.48. The van der Waals surface area contributed by atoms with E-state index >= 15 is 0 Å². The van der Waals surface area contributed by atoms with Gasteiger partial charge in [0.15, 0.2) is 11.4 Å². The van der Waals surface area contributed by atoms with Crippen LogP contribution in [0, 0.1) is 6.92 Å². The number of nitrogens with zero attached hydrogens (tertiary/aromatic N) is 1. The summed E-state index contributed by atoms with van der Waals surface area (Å²) in [4.78, 5) is 15.6. The summed E-state index contributed by atoms with van der Waals surface area (Å²) >= 11 is 5.85. The van der Waals surface area contributed by atoms with E-state index in [2.05, 4.69) is 4.98 Å². The molecular formula is C16H18ClNO4. The molecule has 118 valence electrons. The molecule has 5 nitrogen and oxygen atoms in total. The Balaban J connectivity index is 2.17. The molecule has 1 heterocycles. The summed E-state index contributed by atoms with van der Waals surface area (Å²) in [6, 6.07) is 7.13. The highest BCUT2D eigenvalue weighted by atomic mass is 35.5. The summed E-state index contributed by atoms with van der Waals surface area (Å²) < 4.78 is 11.2. The molecule has 0 spiro atoms. The Bertz CT molecular complexity index is 665. The number of oxazole rings is 1. The zero-order chi connectivity index (χ0) is 16.3. The number of halogens is 1. The predicted octanol–water partition coefficient (Wildman–Crippen LogP) is 4.07. The van der Waals surface area contributed by atoms with Crippen LogP contribution < -0.4 is 0 Å².